The maximum Gasteiger partial charge on any atom is 0.214 e. The van der Waals surface area contributed by atoms with Gasteiger partial charge < -0.3 is 9.30 Å². The second-order valence-electron chi connectivity index (χ2n) is 5.55. The molecule has 0 radical (unpaired) electrons. The Bertz CT molecular complexity index is 1080. The molecule has 2 heterocycles. The lowest BCUT2D eigenvalue weighted by Crippen LogP contribution is -2.02. The molecule has 26 heavy (non-hydrogen) atoms. The number of methoxy groups -OCH3 is 1. The summed E-state index contributed by atoms with van der Waals surface area (Å²) in [7, 11) is 3.61. The summed E-state index contributed by atoms with van der Waals surface area (Å²) >= 11 is 7.57. The average Bonchev–Trinajstić information content (AvgIpc) is 3.24. The number of fused-ring (bicyclic) bond motifs is 1. The van der Waals surface area contributed by atoms with Crippen LogP contribution in [0.25, 0.3) is 16.7 Å². The van der Waals surface area contributed by atoms with Gasteiger partial charge in [0.2, 0.25) is 5.16 Å². The van der Waals surface area contributed by atoms with Crippen molar-refractivity contribution in [1.82, 2.24) is 29.8 Å². The third-order valence-electron chi connectivity index (χ3n) is 4.02. The van der Waals surface area contributed by atoms with E-state index in [0.717, 1.165) is 22.5 Å². The molecule has 0 bridgehead atoms. The number of hydrogen-bond donors (Lipinski definition) is 0. The molecule has 9 heteroatoms. The van der Waals surface area contributed by atoms with E-state index >= 15 is 0 Å². The van der Waals surface area contributed by atoms with Crippen LogP contribution < -0.4 is 4.74 Å². The van der Waals surface area contributed by atoms with E-state index in [1.807, 2.05) is 49.5 Å². The first kappa shape index (κ1) is 16.9. The van der Waals surface area contributed by atoms with Gasteiger partial charge in [0.05, 0.1) is 23.9 Å². The lowest BCUT2D eigenvalue weighted by atomic mass is 10.3. The van der Waals surface area contributed by atoms with E-state index in [4.69, 9.17) is 16.3 Å². The van der Waals surface area contributed by atoms with Crippen LogP contribution in [0, 0.1) is 0 Å². The predicted molar refractivity (Wildman–Crippen MR) is 101 cm³/mol. The van der Waals surface area contributed by atoms with Crippen LogP contribution in [0.15, 0.2) is 47.6 Å². The van der Waals surface area contributed by atoms with E-state index in [1.165, 1.54) is 11.8 Å². The van der Waals surface area contributed by atoms with Crippen molar-refractivity contribution in [1.29, 1.82) is 0 Å². The number of thioether (sulfide) groups is 1. The van der Waals surface area contributed by atoms with E-state index < -0.39 is 0 Å². The highest BCUT2D eigenvalue weighted by Gasteiger charge is 2.15. The van der Waals surface area contributed by atoms with Crippen molar-refractivity contribution in [3.8, 4) is 11.4 Å². The van der Waals surface area contributed by atoms with Gasteiger partial charge in [0.15, 0.2) is 0 Å². The van der Waals surface area contributed by atoms with Crippen LogP contribution in [0.5, 0.6) is 5.75 Å². The molecule has 0 N–H and O–H groups in total. The lowest BCUT2D eigenvalue weighted by molar-refractivity contribution is 0.410. The molecule has 2 aromatic heterocycles. The van der Waals surface area contributed by atoms with Crippen LogP contribution in [-0.2, 0) is 12.8 Å². The first-order valence-electron chi connectivity index (χ1n) is 7.83. The van der Waals surface area contributed by atoms with Crippen molar-refractivity contribution in [2.45, 2.75) is 10.9 Å². The zero-order valence-electron chi connectivity index (χ0n) is 14.1. The van der Waals surface area contributed by atoms with Gasteiger partial charge in [-0.25, -0.2) is 4.98 Å². The highest BCUT2D eigenvalue weighted by Crippen LogP contribution is 2.28. The van der Waals surface area contributed by atoms with Crippen molar-refractivity contribution < 1.29 is 4.74 Å². The van der Waals surface area contributed by atoms with E-state index in [0.29, 0.717) is 21.7 Å². The number of aryl methyl sites for hydroxylation is 1. The molecule has 4 aromatic rings. The molecular formula is C17H15ClN6OS. The predicted octanol–water partition coefficient (Wildman–Crippen LogP) is 3.50. The number of para-hydroxylation sites is 2. The van der Waals surface area contributed by atoms with E-state index in [-0.39, 0.29) is 0 Å². The van der Waals surface area contributed by atoms with Crippen LogP contribution in [0.2, 0.25) is 5.02 Å². The second-order valence-corrected chi connectivity index (χ2v) is 6.93. The molecule has 0 aliphatic carbocycles. The number of hydrogen-bond acceptors (Lipinski definition) is 6. The Morgan fingerprint density at radius 1 is 1.19 bits per heavy atom. The summed E-state index contributed by atoms with van der Waals surface area (Å²) in [6.45, 7) is 0. The first-order chi connectivity index (χ1) is 12.7. The molecule has 132 valence electrons. The van der Waals surface area contributed by atoms with Crippen LogP contribution in [0.4, 0.5) is 0 Å². The van der Waals surface area contributed by atoms with Crippen LogP contribution >= 0.6 is 23.4 Å². The zero-order valence-corrected chi connectivity index (χ0v) is 15.7. The van der Waals surface area contributed by atoms with Gasteiger partial charge in [0.1, 0.15) is 17.3 Å². The fourth-order valence-corrected chi connectivity index (χ4v) is 3.74. The molecule has 0 unspecified atom stereocenters. The summed E-state index contributed by atoms with van der Waals surface area (Å²) in [5.41, 5.74) is 2.70. The molecule has 0 aliphatic heterocycles. The maximum absolute atomic E-state index is 6.06. The van der Waals surface area contributed by atoms with Crippen LogP contribution in [-0.4, -0.2) is 36.9 Å². The van der Waals surface area contributed by atoms with Crippen molar-refractivity contribution in [3.63, 3.8) is 0 Å². The molecule has 0 fully saturated rings. The largest absolute Gasteiger partial charge is 0.494 e. The summed E-state index contributed by atoms with van der Waals surface area (Å²) in [4.78, 5) is 4.66. The standard InChI is InChI=1S/C17H15ClN6OS/c1-23-13-8-7-11(18)9-12(13)19-16(23)10-26-17-20-21-22-24(17)14-5-3-4-6-15(14)25-2/h3-9H,10H2,1-2H3. The fraction of sp³-hybridized carbons (Fsp3) is 0.176. The van der Waals surface area contributed by atoms with Crippen molar-refractivity contribution in [2.75, 3.05) is 7.11 Å². The quantitative estimate of drug-likeness (QED) is 0.489. The molecule has 0 amide bonds. The van der Waals surface area contributed by atoms with Gasteiger partial charge in [0.25, 0.3) is 0 Å². The van der Waals surface area contributed by atoms with Gasteiger partial charge in [0, 0.05) is 12.1 Å². The van der Waals surface area contributed by atoms with Crippen LogP contribution in [0.3, 0.4) is 0 Å². The monoisotopic (exact) mass is 386 g/mol. The number of nitrogens with zero attached hydrogens (tertiary/aromatic N) is 6. The Labute approximate surface area is 158 Å². The molecule has 7 nitrogen and oxygen atoms in total. The van der Waals surface area contributed by atoms with E-state index in [1.54, 1.807) is 11.8 Å². The van der Waals surface area contributed by atoms with E-state index in [9.17, 15) is 0 Å². The smallest absolute Gasteiger partial charge is 0.214 e. The zero-order chi connectivity index (χ0) is 18.1. The first-order valence-corrected chi connectivity index (χ1v) is 9.19. The number of benzene rings is 2. The van der Waals surface area contributed by atoms with Crippen LogP contribution in [0.1, 0.15) is 5.82 Å². The highest BCUT2D eigenvalue weighted by molar-refractivity contribution is 7.98. The average molecular weight is 387 g/mol. The Morgan fingerprint density at radius 3 is 2.88 bits per heavy atom. The third kappa shape index (κ3) is 3.02. The summed E-state index contributed by atoms with van der Waals surface area (Å²) in [6, 6.07) is 13.3. The van der Waals surface area contributed by atoms with Gasteiger partial charge in [-0.1, -0.05) is 35.5 Å². The highest BCUT2D eigenvalue weighted by atomic mass is 35.5. The molecule has 2 aromatic carbocycles. The van der Waals surface area contributed by atoms with Crippen molar-refractivity contribution >= 4 is 34.4 Å². The second kappa shape index (κ2) is 6.97. The maximum atomic E-state index is 6.06. The third-order valence-corrected chi connectivity index (χ3v) is 5.17. The number of tetrazole rings is 1. The molecule has 0 aliphatic rings. The molecule has 0 atom stereocenters. The van der Waals surface area contributed by atoms with Crippen molar-refractivity contribution in [3.05, 3.63) is 53.3 Å². The Balaban J connectivity index is 1.62. The fourth-order valence-electron chi connectivity index (χ4n) is 2.71. The minimum atomic E-state index is 0.623. The van der Waals surface area contributed by atoms with Crippen molar-refractivity contribution in [2.24, 2.45) is 7.05 Å². The number of aromatic nitrogens is 6. The molecule has 0 saturated heterocycles. The number of rotatable bonds is 5. The van der Waals surface area contributed by atoms with Gasteiger partial charge >= 0.3 is 0 Å². The Morgan fingerprint density at radius 2 is 2.04 bits per heavy atom. The minimum Gasteiger partial charge on any atom is -0.494 e. The molecular weight excluding hydrogens is 372 g/mol. The topological polar surface area (TPSA) is 70.7 Å². The Hall–Kier alpha value is -2.58. The number of ether oxygens (including phenoxy) is 1. The van der Waals surface area contributed by atoms with Gasteiger partial charge in [-0.3, -0.25) is 0 Å². The summed E-state index contributed by atoms with van der Waals surface area (Å²) in [6.07, 6.45) is 0. The van der Waals surface area contributed by atoms with Gasteiger partial charge in [-0.15, -0.1) is 5.10 Å². The molecule has 0 spiro atoms. The van der Waals surface area contributed by atoms with Gasteiger partial charge in [-0.05, 0) is 40.8 Å². The van der Waals surface area contributed by atoms with Gasteiger partial charge in [-0.2, -0.15) is 4.68 Å². The SMILES string of the molecule is COc1ccccc1-n1nnnc1SCc1nc2cc(Cl)ccc2n1C. The lowest BCUT2D eigenvalue weighted by Gasteiger charge is -2.08. The number of halogens is 1. The minimum absolute atomic E-state index is 0.623. The number of imidazole rings is 1. The summed E-state index contributed by atoms with van der Waals surface area (Å²) in [5, 5.41) is 13.4. The van der Waals surface area contributed by atoms with E-state index in [2.05, 4.69) is 25.1 Å². The summed E-state index contributed by atoms with van der Waals surface area (Å²) < 4.78 is 9.12. The normalized spacial score (nSPS) is 11.2. The summed E-state index contributed by atoms with van der Waals surface area (Å²) in [5.74, 6) is 2.25. The molecule has 4 rings (SSSR count). The Kier molecular flexibility index (Phi) is 4.52. The molecule has 0 saturated carbocycles.